The van der Waals surface area contributed by atoms with Crippen LogP contribution in [0.15, 0.2) is 39.0 Å². The van der Waals surface area contributed by atoms with Gasteiger partial charge >= 0.3 is 0 Å². The Labute approximate surface area is 124 Å². The van der Waals surface area contributed by atoms with Gasteiger partial charge in [0, 0.05) is 35.3 Å². The Morgan fingerprint density at radius 2 is 2.26 bits per heavy atom. The van der Waals surface area contributed by atoms with E-state index in [1.54, 1.807) is 35.1 Å². The van der Waals surface area contributed by atoms with E-state index in [2.05, 4.69) is 21.2 Å². The lowest BCUT2D eigenvalue weighted by Gasteiger charge is -2.09. The minimum absolute atomic E-state index is 0.0140. The maximum Gasteiger partial charge on any atom is 0.250 e. The Morgan fingerprint density at radius 1 is 1.42 bits per heavy atom. The zero-order valence-corrected chi connectivity index (χ0v) is 13.0. The van der Waals surface area contributed by atoms with Crippen LogP contribution >= 0.6 is 27.3 Å². The fourth-order valence-electron chi connectivity index (χ4n) is 1.63. The summed E-state index contributed by atoms with van der Waals surface area (Å²) in [4.78, 5) is 12.9. The van der Waals surface area contributed by atoms with E-state index in [0.29, 0.717) is 13.2 Å². The third-order valence-electron chi connectivity index (χ3n) is 2.66. The molecule has 0 aliphatic rings. The predicted octanol–water partition coefficient (Wildman–Crippen LogP) is 2.93. The second-order valence-corrected chi connectivity index (χ2v) is 5.84. The predicted molar refractivity (Wildman–Crippen MR) is 81.9 cm³/mol. The summed E-state index contributed by atoms with van der Waals surface area (Å²) in [6.07, 6.45) is 1.82. The van der Waals surface area contributed by atoms with Gasteiger partial charge in [-0.2, -0.15) is 0 Å². The molecule has 0 fully saturated rings. The van der Waals surface area contributed by atoms with Gasteiger partial charge in [0.1, 0.15) is 0 Å². The van der Waals surface area contributed by atoms with Crippen LogP contribution in [0.2, 0.25) is 0 Å². The van der Waals surface area contributed by atoms with Gasteiger partial charge in [0.15, 0.2) is 0 Å². The third-order valence-corrected chi connectivity index (χ3v) is 4.59. The minimum atomic E-state index is -0.0140. The molecule has 1 N–H and O–H groups in total. The van der Waals surface area contributed by atoms with Gasteiger partial charge in [-0.1, -0.05) is 0 Å². The van der Waals surface area contributed by atoms with Crippen LogP contribution in [-0.2, 0) is 17.8 Å². The van der Waals surface area contributed by atoms with Crippen LogP contribution in [-0.4, -0.2) is 18.3 Å². The first-order valence-electron chi connectivity index (χ1n) is 5.86. The molecule has 0 amide bonds. The Bertz CT molecular complexity index is 594. The summed E-state index contributed by atoms with van der Waals surface area (Å²) in [7, 11) is 1.63. The summed E-state index contributed by atoms with van der Waals surface area (Å²) in [5.41, 5.74) is 0.913. The second kappa shape index (κ2) is 6.88. The monoisotopic (exact) mass is 342 g/mol. The van der Waals surface area contributed by atoms with Crippen molar-refractivity contribution >= 4 is 33.0 Å². The average Bonchev–Trinajstić information content (AvgIpc) is 2.82. The highest BCUT2D eigenvalue weighted by atomic mass is 79.9. The number of ether oxygens (including phenoxy) is 1. The molecule has 0 radical (unpaired) electrons. The van der Waals surface area contributed by atoms with E-state index >= 15 is 0 Å². The lowest BCUT2D eigenvalue weighted by molar-refractivity contribution is 0.186. The van der Waals surface area contributed by atoms with Crippen LogP contribution in [0.5, 0.6) is 0 Å². The number of nitrogens with zero attached hydrogens (tertiary/aromatic N) is 1. The number of hydrogen-bond donors (Lipinski definition) is 1. The average molecular weight is 343 g/mol. The summed E-state index contributed by atoms with van der Waals surface area (Å²) < 4.78 is 7.75. The SMILES string of the molecule is COCCn1cc(NCc2sccc2Br)ccc1=O. The van der Waals surface area contributed by atoms with E-state index in [0.717, 1.165) is 16.7 Å². The zero-order valence-electron chi connectivity index (χ0n) is 10.6. The highest BCUT2D eigenvalue weighted by molar-refractivity contribution is 9.10. The quantitative estimate of drug-likeness (QED) is 0.877. The van der Waals surface area contributed by atoms with Crippen LogP contribution in [0.1, 0.15) is 4.88 Å². The molecule has 19 heavy (non-hydrogen) atoms. The van der Waals surface area contributed by atoms with Gasteiger partial charge in [-0.25, -0.2) is 0 Å². The standard InChI is InChI=1S/C13H15BrN2O2S/c1-18-6-5-16-9-10(2-3-13(16)17)15-8-12-11(14)4-7-19-12/h2-4,7,9,15H,5-6,8H2,1H3. The highest BCUT2D eigenvalue weighted by Gasteiger charge is 2.02. The van der Waals surface area contributed by atoms with Crippen LogP contribution < -0.4 is 10.9 Å². The van der Waals surface area contributed by atoms with E-state index in [4.69, 9.17) is 4.74 Å². The second-order valence-electron chi connectivity index (χ2n) is 3.99. The smallest absolute Gasteiger partial charge is 0.250 e. The van der Waals surface area contributed by atoms with Crippen molar-refractivity contribution in [3.05, 3.63) is 49.5 Å². The minimum Gasteiger partial charge on any atom is -0.383 e. The third kappa shape index (κ3) is 3.92. The summed E-state index contributed by atoms with van der Waals surface area (Å²) in [6, 6.07) is 5.40. The summed E-state index contributed by atoms with van der Waals surface area (Å²) in [5.74, 6) is 0. The van der Waals surface area contributed by atoms with Crippen molar-refractivity contribution in [2.45, 2.75) is 13.1 Å². The maximum absolute atomic E-state index is 11.6. The molecule has 0 saturated heterocycles. The molecule has 2 aromatic heterocycles. The van der Waals surface area contributed by atoms with E-state index in [1.807, 2.05) is 17.6 Å². The van der Waals surface area contributed by atoms with Gasteiger partial charge in [-0.3, -0.25) is 4.79 Å². The van der Waals surface area contributed by atoms with E-state index < -0.39 is 0 Å². The first-order valence-corrected chi connectivity index (χ1v) is 7.53. The zero-order chi connectivity index (χ0) is 13.7. The van der Waals surface area contributed by atoms with E-state index in [-0.39, 0.29) is 5.56 Å². The summed E-state index contributed by atoms with van der Waals surface area (Å²) >= 11 is 5.19. The maximum atomic E-state index is 11.6. The topological polar surface area (TPSA) is 43.3 Å². The molecule has 0 saturated carbocycles. The molecule has 2 heterocycles. The van der Waals surface area contributed by atoms with Crippen molar-refractivity contribution < 1.29 is 4.74 Å². The van der Waals surface area contributed by atoms with E-state index in [1.165, 1.54) is 4.88 Å². The number of hydrogen-bond acceptors (Lipinski definition) is 4. The van der Waals surface area contributed by atoms with Crippen LogP contribution in [0.25, 0.3) is 0 Å². The van der Waals surface area contributed by atoms with Crippen molar-refractivity contribution in [2.24, 2.45) is 0 Å². The van der Waals surface area contributed by atoms with Gasteiger partial charge in [-0.15, -0.1) is 11.3 Å². The van der Waals surface area contributed by atoms with Crippen molar-refractivity contribution in [2.75, 3.05) is 19.0 Å². The lowest BCUT2D eigenvalue weighted by atomic mass is 10.3. The number of halogens is 1. The highest BCUT2D eigenvalue weighted by Crippen LogP contribution is 2.23. The first kappa shape index (κ1) is 14.3. The van der Waals surface area contributed by atoms with Crippen molar-refractivity contribution in [1.82, 2.24) is 4.57 Å². The van der Waals surface area contributed by atoms with Crippen molar-refractivity contribution in [3.63, 3.8) is 0 Å². The lowest BCUT2D eigenvalue weighted by Crippen LogP contribution is -2.21. The number of rotatable bonds is 6. The molecule has 0 bridgehead atoms. The molecule has 6 heteroatoms. The molecule has 102 valence electrons. The van der Waals surface area contributed by atoms with Gasteiger partial charge in [0.05, 0.1) is 18.8 Å². The van der Waals surface area contributed by atoms with Gasteiger partial charge in [-0.05, 0) is 33.4 Å². The molecule has 0 spiro atoms. The van der Waals surface area contributed by atoms with Gasteiger partial charge < -0.3 is 14.6 Å². The van der Waals surface area contributed by atoms with Crippen molar-refractivity contribution in [3.8, 4) is 0 Å². The molecule has 2 rings (SSSR count). The summed E-state index contributed by atoms with van der Waals surface area (Å²) in [5, 5.41) is 5.35. The fraction of sp³-hybridized carbons (Fsp3) is 0.308. The summed E-state index contributed by atoms with van der Waals surface area (Å²) in [6.45, 7) is 1.83. The number of pyridine rings is 1. The number of nitrogens with one attached hydrogen (secondary N) is 1. The molecule has 2 aromatic rings. The van der Waals surface area contributed by atoms with E-state index in [9.17, 15) is 4.79 Å². The van der Waals surface area contributed by atoms with Crippen LogP contribution in [0.4, 0.5) is 5.69 Å². The molecule has 0 unspecified atom stereocenters. The number of methoxy groups -OCH3 is 1. The Kier molecular flexibility index (Phi) is 5.18. The Hall–Kier alpha value is -1.11. The van der Waals surface area contributed by atoms with Crippen molar-refractivity contribution in [1.29, 1.82) is 0 Å². The largest absolute Gasteiger partial charge is 0.383 e. The first-order chi connectivity index (χ1) is 9.20. The molecule has 0 aromatic carbocycles. The number of aromatic nitrogens is 1. The molecule has 0 aliphatic carbocycles. The molecule has 4 nitrogen and oxygen atoms in total. The van der Waals surface area contributed by atoms with Gasteiger partial charge in [0.25, 0.3) is 5.56 Å². The van der Waals surface area contributed by atoms with Crippen LogP contribution in [0.3, 0.4) is 0 Å². The Balaban J connectivity index is 2.04. The molecule has 0 aliphatic heterocycles. The molecule has 0 atom stereocenters. The number of anilines is 1. The number of thiophene rings is 1. The molecular weight excluding hydrogens is 328 g/mol. The fourth-order valence-corrected chi connectivity index (χ4v) is 3.07. The normalized spacial score (nSPS) is 10.6. The Morgan fingerprint density at radius 3 is 2.95 bits per heavy atom. The molecular formula is C13H15BrN2O2S. The van der Waals surface area contributed by atoms with Gasteiger partial charge in [0.2, 0.25) is 0 Å². The van der Waals surface area contributed by atoms with Crippen LogP contribution in [0, 0.1) is 0 Å².